The molecule has 5 rings (SSSR count). The van der Waals surface area contributed by atoms with E-state index in [4.69, 9.17) is 9.40 Å². The number of aromatic nitrogens is 3. The van der Waals surface area contributed by atoms with Gasteiger partial charge in [0, 0.05) is 21.0 Å². The minimum absolute atomic E-state index is 0.480. The van der Waals surface area contributed by atoms with Crippen LogP contribution in [0.15, 0.2) is 93.8 Å². The number of benzene rings is 3. The Labute approximate surface area is 170 Å². The molecular weight excluding hydrogens is 414 g/mol. The summed E-state index contributed by atoms with van der Waals surface area (Å²) < 4.78 is 7.03. The zero-order valence-corrected chi connectivity index (χ0v) is 16.3. The molecule has 2 aromatic heterocycles. The Kier molecular flexibility index (Phi) is 4.22. The minimum atomic E-state index is 0.480. The largest absolute Gasteiger partial charge is 0.416 e. The molecule has 0 aliphatic carbocycles. The molecule has 28 heavy (non-hydrogen) atoms. The van der Waals surface area contributed by atoms with Crippen LogP contribution in [-0.2, 0) is 0 Å². The molecule has 0 N–H and O–H groups in total. The topological polar surface area (TPSA) is 51.8 Å². The van der Waals surface area contributed by atoms with E-state index in [0.717, 1.165) is 37.8 Å². The Morgan fingerprint density at radius 2 is 1.39 bits per heavy atom. The molecule has 5 aromatic rings. The molecule has 0 unspecified atom stereocenters. The highest BCUT2D eigenvalue weighted by Gasteiger charge is 2.15. The number of para-hydroxylation sites is 1. The highest BCUT2D eigenvalue weighted by molar-refractivity contribution is 9.10. The summed E-state index contributed by atoms with van der Waals surface area (Å²) in [5.41, 5.74) is 4.56. The average Bonchev–Trinajstić information content (AvgIpc) is 3.24. The van der Waals surface area contributed by atoms with E-state index in [2.05, 4.69) is 26.1 Å². The number of fused-ring (bicyclic) bond motifs is 1. The number of hydrogen-bond donors (Lipinski definition) is 0. The summed E-state index contributed by atoms with van der Waals surface area (Å²) >= 11 is 3.44. The predicted molar refractivity (Wildman–Crippen MR) is 114 cm³/mol. The second-order valence-corrected chi connectivity index (χ2v) is 7.27. The molecule has 0 bridgehead atoms. The van der Waals surface area contributed by atoms with Gasteiger partial charge in [0.25, 0.3) is 0 Å². The molecule has 0 aliphatic rings. The Bertz CT molecular complexity index is 1260. The molecule has 4 nitrogen and oxygen atoms in total. The first-order chi connectivity index (χ1) is 13.8. The van der Waals surface area contributed by atoms with Crippen LogP contribution in [0.5, 0.6) is 0 Å². The first-order valence-electron chi connectivity index (χ1n) is 8.83. The minimum Gasteiger partial charge on any atom is -0.416 e. The van der Waals surface area contributed by atoms with Gasteiger partial charge in [-0.1, -0.05) is 64.5 Å². The molecule has 0 spiro atoms. The normalized spacial score (nSPS) is 11.0. The van der Waals surface area contributed by atoms with Gasteiger partial charge in [-0.05, 0) is 36.4 Å². The van der Waals surface area contributed by atoms with Gasteiger partial charge < -0.3 is 4.42 Å². The highest BCUT2D eigenvalue weighted by atomic mass is 79.9. The van der Waals surface area contributed by atoms with Gasteiger partial charge >= 0.3 is 0 Å². The molecule has 0 aliphatic heterocycles. The molecular formula is C23H14BrN3O. The highest BCUT2D eigenvalue weighted by Crippen LogP contribution is 2.33. The quantitative estimate of drug-likeness (QED) is 0.335. The van der Waals surface area contributed by atoms with E-state index in [1.807, 2.05) is 84.9 Å². The van der Waals surface area contributed by atoms with Gasteiger partial charge in [0.2, 0.25) is 11.8 Å². The predicted octanol–water partition coefficient (Wildman–Crippen LogP) is 6.38. The number of rotatable bonds is 3. The van der Waals surface area contributed by atoms with E-state index in [1.165, 1.54) is 0 Å². The van der Waals surface area contributed by atoms with E-state index in [-0.39, 0.29) is 0 Å². The van der Waals surface area contributed by atoms with Crippen molar-refractivity contribution in [2.45, 2.75) is 0 Å². The lowest BCUT2D eigenvalue weighted by atomic mass is 10.0. The summed E-state index contributed by atoms with van der Waals surface area (Å²) in [6.45, 7) is 0. The maximum atomic E-state index is 6.03. The smallest absolute Gasteiger partial charge is 0.248 e. The van der Waals surface area contributed by atoms with Gasteiger partial charge in [-0.2, -0.15) is 0 Å². The number of pyridine rings is 1. The lowest BCUT2D eigenvalue weighted by Crippen LogP contribution is -1.89. The summed E-state index contributed by atoms with van der Waals surface area (Å²) in [7, 11) is 0. The molecule has 0 radical (unpaired) electrons. The SMILES string of the molecule is Brc1ccc(-c2nnc(-c3cc(-c4ccccc4)nc4ccccc34)o2)cc1. The molecule has 2 heterocycles. The summed E-state index contributed by atoms with van der Waals surface area (Å²) in [4.78, 5) is 4.81. The van der Waals surface area contributed by atoms with Crippen molar-refractivity contribution in [3.63, 3.8) is 0 Å². The lowest BCUT2D eigenvalue weighted by molar-refractivity contribution is 0.585. The first kappa shape index (κ1) is 16.8. The summed E-state index contributed by atoms with van der Waals surface area (Å²) in [5.74, 6) is 0.971. The number of halogens is 1. The lowest BCUT2D eigenvalue weighted by Gasteiger charge is -2.07. The molecule has 134 valence electrons. The maximum absolute atomic E-state index is 6.03. The summed E-state index contributed by atoms with van der Waals surface area (Å²) in [6.07, 6.45) is 0. The second-order valence-electron chi connectivity index (χ2n) is 6.36. The van der Waals surface area contributed by atoms with Crippen molar-refractivity contribution < 1.29 is 4.42 Å². The fourth-order valence-corrected chi connectivity index (χ4v) is 3.41. The van der Waals surface area contributed by atoms with Crippen molar-refractivity contribution in [1.82, 2.24) is 15.2 Å². The fraction of sp³-hybridized carbons (Fsp3) is 0. The van der Waals surface area contributed by atoms with Crippen molar-refractivity contribution in [2.75, 3.05) is 0 Å². The molecule has 0 saturated heterocycles. The van der Waals surface area contributed by atoms with Crippen LogP contribution in [0.1, 0.15) is 0 Å². The van der Waals surface area contributed by atoms with Crippen LogP contribution < -0.4 is 0 Å². The summed E-state index contributed by atoms with van der Waals surface area (Å²) in [6, 6.07) is 27.9. The van der Waals surface area contributed by atoms with Crippen molar-refractivity contribution >= 4 is 26.8 Å². The van der Waals surface area contributed by atoms with E-state index in [1.54, 1.807) is 0 Å². The van der Waals surface area contributed by atoms with Gasteiger partial charge in [0.05, 0.1) is 16.8 Å². The van der Waals surface area contributed by atoms with Gasteiger partial charge in [0.1, 0.15) is 0 Å². The third-order valence-electron chi connectivity index (χ3n) is 4.53. The van der Waals surface area contributed by atoms with Crippen molar-refractivity contribution in [2.24, 2.45) is 0 Å². The molecule has 0 fully saturated rings. The molecule has 5 heteroatoms. The monoisotopic (exact) mass is 427 g/mol. The summed E-state index contributed by atoms with van der Waals surface area (Å²) in [5, 5.41) is 9.54. The Morgan fingerprint density at radius 3 is 2.21 bits per heavy atom. The number of nitrogens with zero attached hydrogens (tertiary/aromatic N) is 3. The van der Waals surface area contributed by atoms with Crippen LogP contribution in [0, 0.1) is 0 Å². The zero-order valence-electron chi connectivity index (χ0n) is 14.7. The molecule has 0 atom stereocenters. The van der Waals surface area contributed by atoms with Gasteiger partial charge in [-0.3, -0.25) is 0 Å². The number of hydrogen-bond acceptors (Lipinski definition) is 4. The van der Waals surface area contributed by atoms with E-state index in [0.29, 0.717) is 11.8 Å². The Balaban J connectivity index is 1.67. The Hall–Kier alpha value is -3.31. The van der Waals surface area contributed by atoms with Crippen LogP contribution in [0.25, 0.3) is 45.1 Å². The van der Waals surface area contributed by atoms with Crippen LogP contribution in [0.4, 0.5) is 0 Å². The fourth-order valence-electron chi connectivity index (χ4n) is 3.15. The second kappa shape index (κ2) is 7.02. The maximum Gasteiger partial charge on any atom is 0.248 e. The third-order valence-corrected chi connectivity index (χ3v) is 5.06. The van der Waals surface area contributed by atoms with Crippen LogP contribution in [0.3, 0.4) is 0 Å². The van der Waals surface area contributed by atoms with E-state index >= 15 is 0 Å². The van der Waals surface area contributed by atoms with E-state index in [9.17, 15) is 0 Å². The van der Waals surface area contributed by atoms with Crippen molar-refractivity contribution in [1.29, 1.82) is 0 Å². The van der Waals surface area contributed by atoms with Crippen LogP contribution in [0.2, 0.25) is 0 Å². The van der Waals surface area contributed by atoms with Gasteiger partial charge in [-0.15, -0.1) is 10.2 Å². The van der Waals surface area contributed by atoms with Crippen molar-refractivity contribution in [3.05, 3.63) is 89.4 Å². The standard InChI is InChI=1S/C23H14BrN3O/c24-17-12-10-16(11-13-17)22-26-27-23(28-22)19-14-21(15-6-2-1-3-7-15)25-20-9-5-4-8-18(19)20/h1-14H. The van der Waals surface area contributed by atoms with Gasteiger partial charge in [0.15, 0.2) is 0 Å². The van der Waals surface area contributed by atoms with Crippen LogP contribution in [-0.4, -0.2) is 15.2 Å². The first-order valence-corrected chi connectivity index (χ1v) is 9.62. The Morgan fingerprint density at radius 1 is 0.679 bits per heavy atom. The van der Waals surface area contributed by atoms with E-state index < -0.39 is 0 Å². The zero-order chi connectivity index (χ0) is 18.9. The third kappa shape index (κ3) is 3.10. The molecule has 3 aromatic carbocycles. The van der Waals surface area contributed by atoms with Crippen molar-refractivity contribution in [3.8, 4) is 34.2 Å². The van der Waals surface area contributed by atoms with Crippen LogP contribution >= 0.6 is 15.9 Å². The average molecular weight is 428 g/mol. The molecule has 0 saturated carbocycles. The molecule has 0 amide bonds. The van der Waals surface area contributed by atoms with Gasteiger partial charge in [-0.25, -0.2) is 4.98 Å².